The predicted molar refractivity (Wildman–Crippen MR) is 57.6 cm³/mol. The van der Waals surface area contributed by atoms with Gasteiger partial charge in [-0.2, -0.15) is 5.26 Å². The first-order valence-electron chi connectivity index (χ1n) is 4.92. The molecule has 0 bridgehead atoms. The lowest BCUT2D eigenvalue weighted by atomic mass is 10.0. The molecule has 0 aliphatic heterocycles. The van der Waals surface area contributed by atoms with E-state index in [2.05, 4.69) is 4.74 Å². The van der Waals surface area contributed by atoms with E-state index >= 15 is 0 Å². The van der Waals surface area contributed by atoms with E-state index in [0.29, 0.717) is 24.0 Å². The Morgan fingerprint density at radius 1 is 1.50 bits per heavy atom. The van der Waals surface area contributed by atoms with Crippen LogP contribution in [0.3, 0.4) is 0 Å². The van der Waals surface area contributed by atoms with Gasteiger partial charge in [0.2, 0.25) is 0 Å². The molecule has 4 heteroatoms. The SMILES string of the molecule is COC(=O)c1ccc(C(O)CCC#N)cc1. The quantitative estimate of drug-likeness (QED) is 0.784. The molecule has 0 fully saturated rings. The van der Waals surface area contributed by atoms with Crippen LogP contribution in [0.1, 0.15) is 34.9 Å². The topological polar surface area (TPSA) is 70.3 Å². The Balaban J connectivity index is 2.71. The van der Waals surface area contributed by atoms with Crippen molar-refractivity contribution in [2.75, 3.05) is 7.11 Å². The van der Waals surface area contributed by atoms with Gasteiger partial charge in [0.25, 0.3) is 0 Å². The summed E-state index contributed by atoms with van der Waals surface area (Å²) in [5.41, 5.74) is 1.14. The van der Waals surface area contributed by atoms with E-state index in [1.807, 2.05) is 6.07 Å². The van der Waals surface area contributed by atoms with Crippen LogP contribution in [0.25, 0.3) is 0 Å². The third kappa shape index (κ3) is 3.07. The van der Waals surface area contributed by atoms with Crippen LogP contribution in [0.15, 0.2) is 24.3 Å². The number of aliphatic hydroxyl groups is 1. The van der Waals surface area contributed by atoms with E-state index in [9.17, 15) is 9.90 Å². The lowest BCUT2D eigenvalue weighted by Crippen LogP contribution is -2.02. The van der Waals surface area contributed by atoms with Crippen molar-refractivity contribution in [3.63, 3.8) is 0 Å². The number of nitrogens with zero attached hydrogens (tertiary/aromatic N) is 1. The smallest absolute Gasteiger partial charge is 0.337 e. The van der Waals surface area contributed by atoms with Gasteiger partial charge in [-0.1, -0.05) is 12.1 Å². The van der Waals surface area contributed by atoms with Crippen LogP contribution < -0.4 is 0 Å². The van der Waals surface area contributed by atoms with Crippen molar-refractivity contribution in [1.29, 1.82) is 5.26 Å². The molecule has 16 heavy (non-hydrogen) atoms. The molecule has 1 rings (SSSR count). The van der Waals surface area contributed by atoms with Crippen LogP contribution >= 0.6 is 0 Å². The molecule has 1 aromatic rings. The van der Waals surface area contributed by atoms with Crippen molar-refractivity contribution in [2.24, 2.45) is 0 Å². The van der Waals surface area contributed by atoms with Gasteiger partial charge in [-0.05, 0) is 24.1 Å². The van der Waals surface area contributed by atoms with Gasteiger partial charge in [0.15, 0.2) is 0 Å². The van der Waals surface area contributed by atoms with Crippen LogP contribution in [0, 0.1) is 11.3 Å². The summed E-state index contributed by atoms with van der Waals surface area (Å²) in [5.74, 6) is -0.405. The molecule has 1 N–H and O–H groups in total. The largest absolute Gasteiger partial charge is 0.465 e. The highest BCUT2D eigenvalue weighted by Crippen LogP contribution is 2.18. The van der Waals surface area contributed by atoms with Crippen molar-refractivity contribution in [1.82, 2.24) is 0 Å². The second-order valence-electron chi connectivity index (χ2n) is 3.33. The normalized spacial score (nSPS) is 11.6. The molecule has 0 radical (unpaired) electrons. The van der Waals surface area contributed by atoms with Crippen LogP contribution in [0.5, 0.6) is 0 Å². The van der Waals surface area contributed by atoms with E-state index in [-0.39, 0.29) is 0 Å². The zero-order valence-electron chi connectivity index (χ0n) is 9.01. The van der Waals surface area contributed by atoms with Crippen LogP contribution in [0.4, 0.5) is 0 Å². The molecule has 0 saturated heterocycles. The zero-order valence-corrected chi connectivity index (χ0v) is 9.01. The number of esters is 1. The molecule has 0 aliphatic carbocycles. The number of benzene rings is 1. The van der Waals surface area contributed by atoms with Gasteiger partial charge in [0, 0.05) is 6.42 Å². The number of methoxy groups -OCH3 is 1. The number of ether oxygens (including phenoxy) is 1. The summed E-state index contributed by atoms with van der Waals surface area (Å²) in [7, 11) is 1.32. The number of carbonyl (C=O) groups is 1. The van der Waals surface area contributed by atoms with Crippen molar-refractivity contribution in [3.05, 3.63) is 35.4 Å². The minimum Gasteiger partial charge on any atom is -0.465 e. The zero-order chi connectivity index (χ0) is 12.0. The van der Waals surface area contributed by atoms with Gasteiger partial charge in [0.1, 0.15) is 0 Å². The molecule has 84 valence electrons. The second kappa shape index (κ2) is 5.89. The van der Waals surface area contributed by atoms with Gasteiger partial charge < -0.3 is 9.84 Å². The molecular formula is C12H13NO3. The fourth-order valence-corrected chi connectivity index (χ4v) is 1.33. The fraction of sp³-hybridized carbons (Fsp3) is 0.333. The van der Waals surface area contributed by atoms with Gasteiger partial charge >= 0.3 is 5.97 Å². The Kier molecular flexibility index (Phi) is 4.49. The van der Waals surface area contributed by atoms with E-state index in [1.54, 1.807) is 24.3 Å². The maximum atomic E-state index is 11.1. The standard InChI is InChI=1S/C12H13NO3/c1-16-12(15)10-6-4-9(5-7-10)11(14)3-2-8-13/h4-7,11,14H,2-3H2,1H3. The van der Waals surface area contributed by atoms with Crippen molar-refractivity contribution >= 4 is 5.97 Å². The highest BCUT2D eigenvalue weighted by atomic mass is 16.5. The van der Waals surface area contributed by atoms with Gasteiger partial charge in [0.05, 0.1) is 24.8 Å². The molecule has 0 saturated carbocycles. The molecule has 0 aromatic heterocycles. The molecular weight excluding hydrogens is 206 g/mol. The molecule has 4 nitrogen and oxygen atoms in total. The van der Waals surface area contributed by atoms with Crippen LogP contribution in [-0.4, -0.2) is 18.2 Å². The Bertz CT molecular complexity index is 392. The van der Waals surface area contributed by atoms with Gasteiger partial charge in [-0.3, -0.25) is 0 Å². The summed E-state index contributed by atoms with van der Waals surface area (Å²) in [6.07, 6.45) is 0.0416. The van der Waals surface area contributed by atoms with Gasteiger partial charge in [-0.15, -0.1) is 0 Å². The monoisotopic (exact) mass is 219 g/mol. The van der Waals surface area contributed by atoms with Crippen molar-refractivity contribution < 1.29 is 14.6 Å². The van der Waals surface area contributed by atoms with Crippen molar-refractivity contribution in [3.8, 4) is 6.07 Å². The molecule has 1 aromatic carbocycles. The summed E-state index contributed by atoms with van der Waals surface area (Å²) in [6, 6.07) is 8.48. The number of rotatable bonds is 4. The summed E-state index contributed by atoms with van der Waals surface area (Å²) < 4.78 is 4.56. The average molecular weight is 219 g/mol. The van der Waals surface area contributed by atoms with E-state index in [4.69, 9.17) is 5.26 Å². The van der Waals surface area contributed by atoms with Gasteiger partial charge in [-0.25, -0.2) is 4.79 Å². The van der Waals surface area contributed by atoms with Crippen molar-refractivity contribution in [2.45, 2.75) is 18.9 Å². The van der Waals surface area contributed by atoms with Crippen LogP contribution in [0.2, 0.25) is 0 Å². The Morgan fingerprint density at radius 3 is 2.62 bits per heavy atom. The second-order valence-corrected chi connectivity index (χ2v) is 3.33. The van der Waals surface area contributed by atoms with E-state index < -0.39 is 12.1 Å². The molecule has 1 atom stereocenters. The first kappa shape index (κ1) is 12.2. The maximum Gasteiger partial charge on any atom is 0.337 e. The number of nitriles is 1. The Labute approximate surface area is 94.1 Å². The Morgan fingerprint density at radius 2 is 2.12 bits per heavy atom. The first-order chi connectivity index (χ1) is 7.69. The summed E-state index contributed by atoms with van der Waals surface area (Å²) in [6.45, 7) is 0. The van der Waals surface area contributed by atoms with E-state index in [1.165, 1.54) is 7.11 Å². The third-order valence-electron chi connectivity index (χ3n) is 2.25. The summed E-state index contributed by atoms with van der Waals surface area (Å²) in [5, 5.41) is 18.1. The number of carbonyl (C=O) groups excluding carboxylic acids is 1. The summed E-state index contributed by atoms with van der Waals surface area (Å²) in [4.78, 5) is 11.1. The van der Waals surface area contributed by atoms with Crippen LogP contribution in [-0.2, 0) is 4.74 Å². The van der Waals surface area contributed by atoms with E-state index in [0.717, 1.165) is 0 Å². The molecule has 0 spiro atoms. The highest BCUT2D eigenvalue weighted by molar-refractivity contribution is 5.89. The number of hydrogen-bond acceptors (Lipinski definition) is 4. The first-order valence-corrected chi connectivity index (χ1v) is 4.92. The lowest BCUT2D eigenvalue weighted by molar-refractivity contribution is 0.0600. The number of aliphatic hydroxyl groups excluding tert-OH is 1. The molecule has 0 amide bonds. The predicted octanol–water partition coefficient (Wildman–Crippen LogP) is 1.81. The summed E-state index contributed by atoms with van der Waals surface area (Å²) >= 11 is 0. The third-order valence-corrected chi connectivity index (χ3v) is 2.25. The maximum absolute atomic E-state index is 11.1. The molecule has 1 unspecified atom stereocenters. The average Bonchev–Trinajstić information content (AvgIpc) is 2.35. The molecule has 0 heterocycles. The Hall–Kier alpha value is -1.86. The minimum absolute atomic E-state index is 0.305. The highest BCUT2D eigenvalue weighted by Gasteiger charge is 2.09. The number of hydrogen-bond donors (Lipinski definition) is 1. The fourth-order valence-electron chi connectivity index (χ4n) is 1.33. The lowest BCUT2D eigenvalue weighted by Gasteiger charge is -2.09. The molecule has 0 aliphatic rings. The minimum atomic E-state index is -0.661.